The minimum Gasteiger partial charge on any atom is -0.326 e. The molecule has 0 aliphatic heterocycles. The van der Waals surface area contributed by atoms with Crippen molar-refractivity contribution in [3.63, 3.8) is 0 Å². The number of anilines is 4. The van der Waals surface area contributed by atoms with Gasteiger partial charge < -0.3 is 21.3 Å². The van der Waals surface area contributed by atoms with E-state index in [-0.39, 0.29) is 23.6 Å². The summed E-state index contributed by atoms with van der Waals surface area (Å²) in [6, 6.07) is 13.6. The van der Waals surface area contributed by atoms with E-state index in [1.165, 1.54) is 13.8 Å². The Bertz CT molecular complexity index is 895. The number of benzene rings is 2. The SMILES string of the molecule is CC(=O)Nc1cccc(NC(=O)C2CC2C(=O)Nc2cccc(NC(C)=O)c2)c1. The van der Waals surface area contributed by atoms with Crippen molar-refractivity contribution < 1.29 is 19.2 Å². The van der Waals surface area contributed by atoms with E-state index in [0.717, 1.165) is 0 Å². The van der Waals surface area contributed by atoms with Gasteiger partial charge in [0.15, 0.2) is 0 Å². The van der Waals surface area contributed by atoms with Gasteiger partial charge in [-0.2, -0.15) is 0 Å². The smallest absolute Gasteiger partial charge is 0.228 e. The quantitative estimate of drug-likeness (QED) is 0.603. The maximum absolute atomic E-state index is 12.4. The van der Waals surface area contributed by atoms with Gasteiger partial charge in [-0.1, -0.05) is 12.1 Å². The monoisotopic (exact) mass is 394 g/mol. The normalized spacial score (nSPS) is 17.0. The van der Waals surface area contributed by atoms with Crippen LogP contribution in [0.3, 0.4) is 0 Å². The van der Waals surface area contributed by atoms with E-state index in [2.05, 4.69) is 21.3 Å². The molecule has 1 saturated carbocycles. The molecule has 150 valence electrons. The van der Waals surface area contributed by atoms with Gasteiger partial charge in [-0.15, -0.1) is 0 Å². The van der Waals surface area contributed by atoms with Crippen molar-refractivity contribution >= 4 is 46.4 Å². The Morgan fingerprint density at radius 1 is 0.655 bits per heavy atom. The van der Waals surface area contributed by atoms with Gasteiger partial charge in [-0.3, -0.25) is 19.2 Å². The van der Waals surface area contributed by atoms with E-state index in [0.29, 0.717) is 29.2 Å². The van der Waals surface area contributed by atoms with E-state index in [1.54, 1.807) is 48.5 Å². The van der Waals surface area contributed by atoms with Crippen molar-refractivity contribution in [1.29, 1.82) is 0 Å². The third-order valence-electron chi connectivity index (χ3n) is 4.36. The topological polar surface area (TPSA) is 116 Å². The summed E-state index contributed by atoms with van der Waals surface area (Å²) in [5.74, 6) is -1.69. The molecule has 1 aliphatic rings. The van der Waals surface area contributed by atoms with Gasteiger partial charge in [-0.05, 0) is 42.8 Å². The lowest BCUT2D eigenvalue weighted by Crippen LogP contribution is -2.20. The second-order valence-electron chi connectivity index (χ2n) is 6.95. The van der Waals surface area contributed by atoms with Crippen LogP contribution < -0.4 is 21.3 Å². The first-order valence-electron chi connectivity index (χ1n) is 9.19. The van der Waals surface area contributed by atoms with Crippen molar-refractivity contribution in [2.24, 2.45) is 11.8 Å². The Kier molecular flexibility index (Phi) is 5.92. The molecule has 2 aromatic carbocycles. The number of carbonyl (C=O) groups is 4. The molecule has 1 aliphatic carbocycles. The molecule has 8 heteroatoms. The van der Waals surface area contributed by atoms with Crippen LogP contribution in [-0.4, -0.2) is 23.6 Å². The zero-order valence-electron chi connectivity index (χ0n) is 16.1. The molecule has 4 N–H and O–H groups in total. The van der Waals surface area contributed by atoms with Crippen LogP contribution in [0.4, 0.5) is 22.7 Å². The largest absolute Gasteiger partial charge is 0.326 e. The van der Waals surface area contributed by atoms with Gasteiger partial charge in [0.25, 0.3) is 0 Å². The van der Waals surface area contributed by atoms with Gasteiger partial charge in [0.1, 0.15) is 0 Å². The van der Waals surface area contributed by atoms with E-state index < -0.39 is 11.8 Å². The third kappa shape index (κ3) is 5.65. The van der Waals surface area contributed by atoms with Crippen LogP contribution in [0.5, 0.6) is 0 Å². The molecule has 2 aromatic rings. The summed E-state index contributed by atoms with van der Waals surface area (Å²) in [7, 11) is 0. The molecule has 29 heavy (non-hydrogen) atoms. The molecule has 0 bridgehead atoms. The Balaban J connectivity index is 1.55. The van der Waals surface area contributed by atoms with Crippen molar-refractivity contribution in [2.45, 2.75) is 20.3 Å². The number of hydrogen-bond donors (Lipinski definition) is 4. The first kappa shape index (κ1) is 20.1. The van der Waals surface area contributed by atoms with Crippen LogP contribution in [0.15, 0.2) is 48.5 Å². The van der Waals surface area contributed by atoms with E-state index in [9.17, 15) is 19.2 Å². The summed E-state index contributed by atoms with van der Waals surface area (Å²) < 4.78 is 0. The lowest BCUT2D eigenvalue weighted by molar-refractivity contribution is -0.122. The van der Waals surface area contributed by atoms with Gasteiger partial charge in [-0.25, -0.2) is 0 Å². The summed E-state index contributed by atoms with van der Waals surface area (Å²) in [6.45, 7) is 2.81. The standard InChI is InChI=1S/C21H22N4O4/c1-12(26)22-14-5-3-7-16(9-14)24-20(28)18-11-19(18)21(29)25-17-8-4-6-15(10-17)23-13(2)27/h3-10,18-19H,11H2,1-2H3,(H,22,26)(H,23,27)(H,24,28)(H,25,29). The molecule has 2 atom stereocenters. The lowest BCUT2D eigenvalue weighted by atomic mass is 10.2. The van der Waals surface area contributed by atoms with E-state index >= 15 is 0 Å². The summed E-state index contributed by atoms with van der Waals surface area (Å²) in [4.78, 5) is 47.1. The fraction of sp³-hybridized carbons (Fsp3) is 0.238. The van der Waals surface area contributed by atoms with Crippen molar-refractivity contribution in [2.75, 3.05) is 21.3 Å². The van der Waals surface area contributed by atoms with Crippen LogP contribution >= 0.6 is 0 Å². The molecule has 0 saturated heterocycles. The van der Waals surface area contributed by atoms with Crippen molar-refractivity contribution in [3.8, 4) is 0 Å². The van der Waals surface area contributed by atoms with Gasteiger partial charge in [0.2, 0.25) is 23.6 Å². The maximum Gasteiger partial charge on any atom is 0.228 e. The molecule has 1 fully saturated rings. The molecule has 0 radical (unpaired) electrons. The predicted octanol–water partition coefficient (Wildman–Crippen LogP) is 2.82. The number of nitrogens with one attached hydrogen (secondary N) is 4. The fourth-order valence-electron chi connectivity index (χ4n) is 3.00. The van der Waals surface area contributed by atoms with Gasteiger partial charge in [0, 0.05) is 36.6 Å². The highest BCUT2D eigenvalue weighted by Crippen LogP contribution is 2.40. The molecule has 0 heterocycles. The summed E-state index contributed by atoms with van der Waals surface area (Å²) in [6.07, 6.45) is 0.467. The highest BCUT2D eigenvalue weighted by molar-refractivity contribution is 6.03. The maximum atomic E-state index is 12.4. The number of carbonyl (C=O) groups excluding carboxylic acids is 4. The molecular formula is C21H22N4O4. The number of hydrogen-bond acceptors (Lipinski definition) is 4. The van der Waals surface area contributed by atoms with E-state index in [4.69, 9.17) is 0 Å². The lowest BCUT2D eigenvalue weighted by Gasteiger charge is -2.09. The van der Waals surface area contributed by atoms with Gasteiger partial charge >= 0.3 is 0 Å². The molecular weight excluding hydrogens is 372 g/mol. The second kappa shape index (κ2) is 8.55. The highest BCUT2D eigenvalue weighted by atomic mass is 16.2. The fourth-order valence-corrected chi connectivity index (χ4v) is 3.00. The summed E-state index contributed by atoms with van der Waals surface area (Å²) >= 11 is 0. The minimum atomic E-state index is -0.405. The zero-order valence-corrected chi connectivity index (χ0v) is 16.1. The summed E-state index contributed by atoms with van der Waals surface area (Å²) in [5.41, 5.74) is 2.27. The van der Waals surface area contributed by atoms with Crippen LogP contribution in [-0.2, 0) is 19.2 Å². The first-order chi connectivity index (χ1) is 13.8. The van der Waals surface area contributed by atoms with E-state index in [1.807, 2.05) is 0 Å². The van der Waals surface area contributed by atoms with Crippen molar-refractivity contribution in [1.82, 2.24) is 0 Å². The molecule has 8 nitrogen and oxygen atoms in total. The minimum absolute atomic E-state index is 0.199. The van der Waals surface area contributed by atoms with Crippen LogP contribution in [0, 0.1) is 11.8 Å². The van der Waals surface area contributed by atoms with Crippen LogP contribution in [0.1, 0.15) is 20.3 Å². The Labute approximate surface area is 168 Å². The third-order valence-corrected chi connectivity index (χ3v) is 4.36. The predicted molar refractivity (Wildman–Crippen MR) is 110 cm³/mol. The van der Waals surface area contributed by atoms with Crippen LogP contribution in [0.25, 0.3) is 0 Å². The summed E-state index contributed by atoms with van der Waals surface area (Å²) in [5, 5.41) is 10.9. The zero-order chi connectivity index (χ0) is 21.0. The first-order valence-corrected chi connectivity index (χ1v) is 9.19. The Morgan fingerprint density at radius 2 is 1.00 bits per heavy atom. The molecule has 2 unspecified atom stereocenters. The highest BCUT2D eigenvalue weighted by Gasteiger charge is 2.48. The van der Waals surface area contributed by atoms with Crippen LogP contribution in [0.2, 0.25) is 0 Å². The Hall–Kier alpha value is -3.68. The Morgan fingerprint density at radius 3 is 1.34 bits per heavy atom. The number of rotatable bonds is 6. The molecule has 0 aromatic heterocycles. The molecule has 0 spiro atoms. The second-order valence-corrected chi connectivity index (χ2v) is 6.95. The molecule has 4 amide bonds. The van der Waals surface area contributed by atoms with Crippen molar-refractivity contribution in [3.05, 3.63) is 48.5 Å². The number of amides is 4. The van der Waals surface area contributed by atoms with Gasteiger partial charge in [0.05, 0.1) is 11.8 Å². The average molecular weight is 394 g/mol. The molecule has 3 rings (SSSR count). The average Bonchev–Trinajstić information content (AvgIpc) is 3.42.